The Hall–Kier alpha value is -2.18. The first-order valence-electron chi connectivity index (χ1n) is 10.8. The third kappa shape index (κ3) is 4.76. The number of benzene rings is 1. The van der Waals surface area contributed by atoms with E-state index in [0.717, 1.165) is 43.2 Å². The molecular formula is C23H29ClN4O2. The van der Waals surface area contributed by atoms with E-state index in [1.807, 2.05) is 19.1 Å². The molecule has 1 N–H and O–H groups in total. The molecule has 1 aliphatic carbocycles. The molecular weight excluding hydrogens is 400 g/mol. The first-order valence-corrected chi connectivity index (χ1v) is 11.1. The zero-order chi connectivity index (χ0) is 21.1. The summed E-state index contributed by atoms with van der Waals surface area (Å²) in [6.07, 6.45) is 5.59. The average molecular weight is 429 g/mol. The number of hydrogen-bond donors (Lipinski definition) is 1. The van der Waals surface area contributed by atoms with Crippen LogP contribution in [-0.4, -0.2) is 46.3 Å². The molecule has 2 aromatic rings. The molecule has 1 aromatic carbocycles. The van der Waals surface area contributed by atoms with Gasteiger partial charge in [0, 0.05) is 42.2 Å². The van der Waals surface area contributed by atoms with Crippen molar-refractivity contribution in [2.24, 2.45) is 0 Å². The van der Waals surface area contributed by atoms with Crippen LogP contribution in [0.25, 0.3) is 0 Å². The summed E-state index contributed by atoms with van der Waals surface area (Å²) in [5, 5.41) is 8.00. The summed E-state index contributed by atoms with van der Waals surface area (Å²) in [6, 6.07) is 11.6. The van der Waals surface area contributed by atoms with Crippen molar-refractivity contribution in [3.05, 3.63) is 63.0 Å². The summed E-state index contributed by atoms with van der Waals surface area (Å²) < 4.78 is 1.23. The maximum absolute atomic E-state index is 12.4. The van der Waals surface area contributed by atoms with Gasteiger partial charge in [-0.3, -0.25) is 9.59 Å². The van der Waals surface area contributed by atoms with Gasteiger partial charge in [-0.15, -0.1) is 0 Å². The minimum atomic E-state index is -0.251. The lowest BCUT2D eigenvalue weighted by atomic mass is 9.64. The fraction of sp³-hybridized carbons (Fsp3) is 0.522. The van der Waals surface area contributed by atoms with Crippen LogP contribution in [0.3, 0.4) is 0 Å². The molecule has 160 valence electrons. The van der Waals surface area contributed by atoms with E-state index in [1.54, 1.807) is 6.07 Å². The van der Waals surface area contributed by atoms with Crippen LogP contribution in [0.15, 0.2) is 41.2 Å². The van der Waals surface area contributed by atoms with Crippen LogP contribution < -0.4 is 10.9 Å². The van der Waals surface area contributed by atoms with Gasteiger partial charge in [0.25, 0.3) is 5.56 Å². The lowest BCUT2D eigenvalue weighted by molar-refractivity contribution is -0.123. The van der Waals surface area contributed by atoms with Gasteiger partial charge in [-0.1, -0.05) is 30.2 Å². The van der Waals surface area contributed by atoms with Gasteiger partial charge in [0.05, 0.1) is 5.69 Å². The molecule has 0 bridgehead atoms. The highest BCUT2D eigenvalue weighted by Crippen LogP contribution is 2.44. The van der Waals surface area contributed by atoms with Gasteiger partial charge in [-0.05, 0) is 56.4 Å². The molecule has 1 amide bonds. The van der Waals surface area contributed by atoms with Crippen molar-refractivity contribution in [2.75, 3.05) is 19.6 Å². The molecule has 4 rings (SSSR count). The van der Waals surface area contributed by atoms with Crippen molar-refractivity contribution in [3.8, 4) is 0 Å². The molecule has 0 unspecified atom stereocenters. The van der Waals surface area contributed by atoms with E-state index < -0.39 is 0 Å². The van der Waals surface area contributed by atoms with Gasteiger partial charge in [-0.2, -0.15) is 5.10 Å². The number of hydrogen-bond acceptors (Lipinski definition) is 4. The molecule has 0 spiro atoms. The number of likely N-dealkylation sites (tertiary alicyclic amines) is 1. The smallest absolute Gasteiger partial charge is 0.267 e. The molecule has 1 saturated heterocycles. The summed E-state index contributed by atoms with van der Waals surface area (Å²) in [5.41, 5.74) is 2.11. The van der Waals surface area contributed by atoms with E-state index in [1.165, 1.54) is 35.6 Å². The third-order valence-corrected chi connectivity index (χ3v) is 6.79. The highest BCUT2D eigenvalue weighted by molar-refractivity contribution is 6.30. The van der Waals surface area contributed by atoms with Gasteiger partial charge in [0.15, 0.2) is 0 Å². The molecule has 6 nitrogen and oxygen atoms in total. The Morgan fingerprint density at radius 1 is 1.17 bits per heavy atom. The van der Waals surface area contributed by atoms with Crippen molar-refractivity contribution in [1.29, 1.82) is 0 Å². The van der Waals surface area contributed by atoms with Crippen molar-refractivity contribution in [2.45, 2.75) is 57.0 Å². The average Bonchev–Trinajstić information content (AvgIpc) is 2.70. The van der Waals surface area contributed by atoms with Crippen LogP contribution in [-0.2, 0) is 16.8 Å². The fourth-order valence-corrected chi connectivity index (χ4v) is 4.81. The predicted molar refractivity (Wildman–Crippen MR) is 118 cm³/mol. The zero-order valence-electron chi connectivity index (χ0n) is 17.4. The fourth-order valence-electron chi connectivity index (χ4n) is 4.68. The third-order valence-electron chi connectivity index (χ3n) is 6.54. The van der Waals surface area contributed by atoms with Gasteiger partial charge in [0.1, 0.15) is 6.54 Å². The van der Waals surface area contributed by atoms with Crippen molar-refractivity contribution < 1.29 is 4.79 Å². The number of rotatable bonds is 6. The molecule has 1 saturated carbocycles. The van der Waals surface area contributed by atoms with Crippen LogP contribution in [0.5, 0.6) is 0 Å². The minimum Gasteiger partial charge on any atom is -0.352 e. The normalized spacial score (nSPS) is 19.3. The summed E-state index contributed by atoms with van der Waals surface area (Å²) in [7, 11) is 0. The molecule has 1 aliphatic heterocycles. The van der Waals surface area contributed by atoms with E-state index in [0.29, 0.717) is 0 Å². The molecule has 7 heteroatoms. The van der Waals surface area contributed by atoms with Gasteiger partial charge in [0.2, 0.25) is 5.91 Å². The number of halogens is 1. The Balaban J connectivity index is 1.28. The lowest BCUT2D eigenvalue weighted by Gasteiger charge is -2.47. The second-order valence-corrected chi connectivity index (χ2v) is 9.17. The van der Waals surface area contributed by atoms with Crippen LogP contribution in [0.2, 0.25) is 5.02 Å². The molecule has 30 heavy (non-hydrogen) atoms. The van der Waals surface area contributed by atoms with Crippen LogP contribution in [0, 0.1) is 6.92 Å². The second kappa shape index (κ2) is 8.90. The number of aromatic nitrogens is 2. The first kappa shape index (κ1) is 21.1. The zero-order valence-corrected chi connectivity index (χ0v) is 18.2. The largest absolute Gasteiger partial charge is 0.352 e. The molecule has 2 aliphatic rings. The van der Waals surface area contributed by atoms with Crippen LogP contribution in [0.1, 0.15) is 43.4 Å². The number of amides is 1. The second-order valence-electron chi connectivity index (χ2n) is 8.73. The SMILES string of the molecule is Cc1ccc(=O)n(CC(=O)NC2CCN(CC3(c4ccc(Cl)cc4)CCC3)CC2)n1. The monoisotopic (exact) mass is 428 g/mol. The maximum atomic E-state index is 12.4. The van der Waals surface area contributed by atoms with Crippen molar-refractivity contribution in [1.82, 2.24) is 20.0 Å². The Labute approximate surface area is 182 Å². The number of nitrogens with zero attached hydrogens (tertiary/aromatic N) is 3. The van der Waals surface area contributed by atoms with E-state index >= 15 is 0 Å². The topological polar surface area (TPSA) is 67.2 Å². The number of aryl methyl sites for hydroxylation is 1. The Morgan fingerprint density at radius 3 is 2.50 bits per heavy atom. The predicted octanol–water partition coefficient (Wildman–Crippen LogP) is 2.91. The van der Waals surface area contributed by atoms with E-state index in [4.69, 9.17) is 11.6 Å². The maximum Gasteiger partial charge on any atom is 0.267 e. The molecule has 2 heterocycles. The van der Waals surface area contributed by atoms with Gasteiger partial charge in [-0.25, -0.2) is 4.68 Å². The molecule has 1 aromatic heterocycles. The minimum absolute atomic E-state index is 0.0274. The van der Waals surface area contributed by atoms with Crippen molar-refractivity contribution >= 4 is 17.5 Å². The van der Waals surface area contributed by atoms with E-state index in [2.05, 4.69) is 27.4 Å². The van der Waals surface area contributed by atoms with Crippen molar-refractivity contribution in [3.63, 3.8) is 0 Å². The van der Waals surface area contributed by atoms with Gasteiger partial charge < -0.3 is 10.2 Å². The first-order chi connectivity index (χ1) is 14.4. The lowest BCUT2D eigenvalue weighted by Crippen LogP contribution is -2.51. The van der Waals surface area contributed by atoms with E-state index in [9.17, 15) is 9.59 Å². The Kier molecular flexibility index (Phi) is 6.25. The highest BCUT2D eigenvalue weighted by Gasteiger charge is 2.40. The summed E-state index contributed by atoms with van der Waals surface area (Å²) >= 11 is 6.07. The number of nitrogens with one attached hydrogen (secondary N) is 1. The summed E-state index contributed by atoms with van der Waals surface area (Å²) in [6.45, 7) is 4.80. The number of piperidine rings is 1. The number of carbonyl (C=O) groups is 1. The molecule has 2 fully saturated rings. The standard InChI is InChI=1S/C23H29ClN4O2/c1-17-3-8-22(30)28(26-17)15-21(29)25-20-9-13-27(14-10-20)16-23(11-2-12-23)18-4-6-19(24)7-5-18/h3-8,20H,2,9-16H2,1H3,(H,25,29). The van der Waals surface area contributed by atoms with E-state index in [-0.39, 0.29) is 29.5 Å². The van der Waals surface area contributed by atoms with Crippen LogP contribution in [0.4, 0.5) is 0 Å². The van der Waals surface area contributed by atoms with Gasteiger partial charge >= 0.3 is 0 Å². The highest BCUT2D eigenvalue weighted by atomic mass is 35.5. The summed E-state index contributed by atoms with van der Waals surface area (Å²) in [5.74, 6) is -0.148. The molecule has 0 radical (unpaired) electrons. The number of carbonyl (C=O) groups excluding carboxylic acids is 1. The Morgan fingerprint density at radius 2 is 1.87 bits per heavy atom. The quantitative estimate of drug-likeness (QED) is 0.768. The summed E-state index contributed by atoms with van der Waals surface area (Å²) in [4.78, 5) is 26.8. The van der Waals surface area contributed by atoms with Crippen LogP contribution >= 0.6 is 11.6 Å². The molecule has 0 atom stereocenters. The Bertz CT molecular complexity index is 944.